The van der Waals surface area contributed by atoms with Crippen LogP contribution in [0.1, 0.15) is 16.6 Å². The first kappa shape index (κ1) is 15.6. The fourth-order valence-corrected chi connectivity index (χ4v) is 2.24. The lowest BCUT2D eigenvalue weighted by atomic mass is 10.2. The van der Waals surface area contributed by atoms with Gasteiger partial charge in [-0.25, -0.2) is 4.79 Å². The van der Waals surface area contributed by atoms with E-state index in [2.05, 4.69) is 5.32 Å². The van der Waals surface area contributed by atoms with Crippen LogP contribution in [-0.2, 0) is 9.53 Å². The SMILES string of the molecule is CC(OC(=O)c1cccs1)C(=O)Nc1ccccc1[N+](=O)[O-]. The Kier molecular flexibility index (Phi) is 4.84. The first-order valence-electron chi connectivity index (χ1n) is 6.28. The van der Waals surface area contributed by atoms with Crippen LogP contribution in [0.4, 0.5) is 11.4 Å². The van der Waals surface area contributed by atoms with Crippen molar-refractivity contribution in [1.82, 2.24) is 0 Å². The standard InChI is InChI=1S/C14H12N2O5S/c1-9(21-14(18)12-7-4-8-22-12)13(17)15-10-5-2-3-6-11(10)16(19)20/h2-9H,1H3,(H,15,17). The van der Waals surface area contributed by atoms with Crippen LogP contribution in [0.15, 0.2) is 41.8 Å². The number of ether oxygens (including phenoxy) is 1. The van der Waals surface area contributed by atoms with E-state index in [1.807, 2.05) is 0 Å². The summed E-state index contributed by atoms with van der Waals surface area (Å²) in [7, 11) is 0. The van der Waals surface area contributed by atoms with Crippen molar-refractivity contribution in [2.45, 2.75) is 13.0 Å². The molecule has 1 heterocycles. The largest absolute Gasteiger partial charge is 0.448 e. The summed E-state index contributed by atoms with van der Waals surface area (Å²) in [6, 6.07) is 9.01. The molecule has 0 fully saturated rings. The number of esters is 1. The lowest BCUT2D eigenvalue weighted by Gasteiger charge is -2.13. The molecule has 22 heavy (non-hydrogen) atoms. The molecule has 0 spiro atoms. The Balaban J connectivity index is 2.03. The average Bonchev–Trinajstić information content (AvgIpc) is 3.01. The molecule has 0 saturated carbocycles. The summed E-state index contributed by atoms with van der Waals surface area (Å²) in [4.78, 5) is 34.4. The molecule has 1 amide bonds. The monoisotopic (exact) mass is 320 g/mol. The van der Waals surface area contributed by atoms with Gasteiger partial charge in [0.25, 0.3) is 11.6 Å². The van der Waals surface area contributed by atoms with E-state index in [-0.39, 0.29) is 11.4 Å². The lowest BCUT2D eigenvalue weighted by molar-refractivity contribution is -0.383. The smallest absolute Gasteiger partial charge is 0.349 e. The number of rotatable bonds is 5. The molecule has 0 saturated heterocycles. The first-order chi connectivity index (χ1) is 10.5. The maximum absolute atomic E-state index is 12.0. The van der Waals surface area contributed by atoms with Crippen LogP contribution in [0.2, 0.25) is 0 Å². The zero-order valence-electron chi connectivity index (χ0n) is 11.5. The number of amides is 1. The second-order valence-corrected chi connectivity index (χ2v) is 5.24. The molecule has 2 aromatic rings. The molecule has 0 aliphatic heterocycles. The molecule has 1 aromatic heterocycles. The molecule has 0 aliphatic carbocycles. The zero-order chi connectivity index (χ0) is 16.1. The van der Waals surface area contributed by atoms with Crippen molar-refractivity contribution in [3.05, 3.63) is 56.8 Å². The van der Waals surface area contributed by atoms with E-state index < -0.39 is 22.9 Å². The molecule has 1 unspecified atom stereocenters. The normalized spacial score (nSPS) is 11.5. The highest BCUT2D eigenvalue weighted by atomic mass is 32.1. The Bertz CT molecular complexity index is 699. The van der Waals surface area contributed by atoms with Crippen LogP contribution in [0, 0.1) is 10.1 Å². The van der Waals surface area contributed by atoms with Gasteiger partial charge in [0.15, 0.2) is 6.10 Å². The Labute approximate surface area is 129 Å². The van der Waals surface area contributed by atoms with E-state index in [9.17, 15) is 19.7 Å². The number of nitrogens with one attached hydrogen (secondary N) is 1. The minimum Gasteiger partial charge on any atom is -0.448 e. The van der Waals surface area contributed by atoms with Gasteiger partial charge in [0.2, 0.25) is 0 Å². The van der Waals surface area contributed by atoms with Gasteiger partial charge in [-0.1, -0.05) is 18.2 Å². The number of nitrogens with zero attached hydrogens (tertiary/aromatic N) is 1. The number of thiophene rings is 1. The minimum atomic E-state index is -1.07. The second kappa shape index (κ2) is 6.81. The van der Waals surface area contributed by atoms with Gasteiger partial charge >= 0.3 is 5.97 Å². The molecular formula is C14H12N2O5S. The van der Waals surface area contributed by atoms with Crippen molar-refractivity contribution in [3.8, 4) is 0 Å². The molecule has 2 rings (SSSR count). The van der Waals surface area contributed by atoms with Crippen LogP contribution >= 0.6 is 11.3 Å². The summed E-state index contributed by atoms with van der Waals surface area (Å²) in [6.07, 6.45) is -1.07. The molecule has 7 nitrogen and oxygen atoms in total. The van der Waals surface area contributed by atoms with E-state index >= 15 is 0 Å². The molecule has 1 atom stereocenters. The van der Waals surface area contributed by atoms with Crippen molar-refractivity contribution in [1.29, 1.82) is 0 Å². The predicted octanol–water partition coefficient (Wildman–Crippen LogP) is 2.84. The molecular weight excluding hydrogens is 308 g/mol. The third-order valence-corrected chi connectivity index (χ3v) is 3.58. The van der Waals surface area contributed by atoms with Crippen molar-refractivity contribution < 1.29 is 19.2 Å². The van der Waals surface area contributed by atoms with E-state index in [0.717, 1.165) is 0 Å². The van der Waals surface area contributed by atoms with E-state index in [4.69, 9.17) is 4.74 Å². The summed E-state index contributed by atoms with van der Waals surface area (Å²) >= 11 is 1.20. The van der Waals surface area contributed by atoms with Crippen LogP contribution < -0.4 is 5.32 Å². The number of carbonyl (C=O) groups excluding carboxylic acids is 2. The first-order valence-corrected chi connectivity index (χ1v) is 7.16. The Morgan fingerprint density at radius 1 is 1.27 bits per heavy atom. The summed E-state index contributed by atoms with van der Waals surface area (Å²) in [5.41, 5.74) is -0.177. The maximum Gasteiger partial charge on any atom is 0.349 e. The summed E-state index contributed by atoms with van der Waals surface area (Å²) in [5, 5.41) is 15.0. The average molecular weight is 320 g/mol. The van der Waals surface area contributed by atoms with Gasteiger partial charge in [0, 0.05) is 6.07 Å². The number of anilines is 1. The van der Waals surface area contributed by atoms with Crippen LogP contribution in [0.5, 0.6) is 0 Å². The molecule has 0 radical (unpaired) electrons. The Morgan fingerprint density at radius 3 is 2.64 bits per heavy atom. The van der Waals surface area contributed by atoms with Gasteiger partial charge in [-0.05, 0) is 24.4 Å². The number of para-hydroxylation sites is 2. The number of nitro benzene ring substituents is 1. The van der Waals surface area contributed by atoms with Gasteiger partial charge in [-0.3, -0.25) is 14.9 Å². The van der Waals surface area contributed by atoms with E-state index in [0.29, 0.717) is 4.88 Å². The van der Waals surface area contributed by atoms with Crippen molar-refractivity contribution >= 4 is 34.6 Å². The maximum atomic E-state index is 12.0. The van der Waals surface area contributed by atoms with Crippen molar-refractivity contribution in [3.63, 3.8) is 0 Å². The molecule has 1 N–H and O–H groups in total. The molecule has 114 valence electrons. The highest BCUT2D eigenvalue weighted by molar-refractivity contribution is 7.11. The quantitative estimate of drug-likeness (QED) is 0.519. The van der Waals surface area contributed by atoms with E-state index in [1.165, 1.54) is 36.5 Å². The topological polar surface area (TPSA) is 98.5 Å². The second-order valence-electron chi connectivity index (χ2n) is 4.29. The highest BCUT2D eigenvalue weighted by Gasteiger charge is 2.22. The van der Waals surface area contributed by atoms with Gasteiger partial charge in [-0.2, -0.15) is 0 Å². The lowest BCUT2D eigenvalue weighted by Crippen LogP contribution is -2.30. The van der Waals surface area contributed by atoms with Crippen molar-refractivity contribution in [2.24, 2.45) is 0 Å². The summed E-state index contributed by atoms with van der Waals surface area (Å²) in [6.45, 7) is 1.40. The van der Waals surface area contributed by atoms with Gasteiger partial charge in [0.05, 0.1) is 4.92 Å². The third-order valence-electron chi connectivity index (χ3n) is 2.73. The van der Waals surface area contributed by atoms with Gasteiger partial charge in [-0.15, -0.1) is 11.3 Å². The van der Waals surface area contributed by atoms with Crippen LogP contribution in [0.3, 0.4) is 0 Å². The fourth-order valence-electron chi connectivity index (χ4n) is 1.64. The molecule has 8 heteroatoms. The Morgan fingerprint density at radius 2 is 2.00 bits per heavy atom. The fraction of sp³-hybridized carbons (Fsp3) is 0.143. The highest BCUT2D eigenvalue weighted by Crippen LogP contribution is 2.23. The van der Waals surface area contributed by atoms with Crippen LogP contribution in [-0.4, -0.2) is 22.9 Å². The number of carbonyl (C=O) groups is 2. The molecule has 0 bridgehead atoms. The number of hydrogen-bond donors (Lipinski definition) is 1. The van der Waals surface area contributed by atoms with E-state index in [1.54, 1.807) is 23.6 Å². The Hall–Kier alpha value is -2.74. The molecule has 0 aliphatic rings. The number of hydrogen-bond acceptors (Lipinski definition) is 6. The molecule has 1 aromatic carbocycles. The predicted molar refractivity (Wildman–Crippen MR) is 80.9 cm³/mol. The summed E-state index contributed by atoms with van der Waals surface area (Å²) in [5.74, 6) is -1.25. The summed E-state index contributed by atoms with van der Waals surface area (Å²) < 4.78 is 5.02. The van der Waals surface area contributed by atoms with Crippen molar-refractivity contribution in [2.75, 3.05) is 5.32 Å². The van der Waals surface area contributed by atoms with Gasteiger partial charge in [0.1, 0.15) is 10.6 Å². The van der Waals surface area contributed by atoms with Gasteiger partial charge < -0.3 is 10.1 Å². The van der Waals surface area contributed by atoms with Crippen LogP contribution in [0.25, 0.3) is 0 Å². The minimum absolute atomic E-state index is 0.0523. The third kappa shape index (κ3) is 3.67. The number of nitro groups is 1. The number of benzene rings is 1. The zero-order valence-corrected chi connectivity index (χ0v) is 12.3.